The van der Waals surface area contributed by atoms with Crippen molar-refractivity contribution >= 4 is 46.2 Å². The molecule has 1 saturated heterocycles. The van der Waals surface area contributed by atoms with Gasteiger partial charge in [-0.1, -0.05) is 42.5 Å². The smallest absolute Gasteiger partial charge is 0.319 e. The van der Waals surface area contributed by atoms with E-state index in [1.54, 1.807) is 14.0 Å². The van der Waals surface area contributed by atoms with Crippen LogP contribution >= 0.6 is 22.6 Å². The van der Waals surface area contributed by atoms with Crippen molar-refractivity contribution in [1.29, 1.82) is 5.41 Å². The summed E-state index contributed by atoms with van der Waals surface area (Å²) in [5, 5.41) is 16.8. The molecule has 0 spiro atoms. The molecule has 1 aliphatic heterocycles. The third-order valence-corrected chi connectivity index (χ3v) is 6.64. The predicted molar refractivity (Wildman–Crippen MR) is 143 cm³/mol. The molecule has 4 N–H and O–H groups in total. The Bertz CT molecular complexity index is 1250. The van der Waals surface area contributed by atoms with Crippen molar-refractivity contribution < 1.29 is 9.59 Å². The van der Waals surface area contributed by atoms with Gasteiger partial charge in [-0.25, -0.2) is 4.79 Å². The van der Waals surface area contributed by atoms with E-state index in [2.05, 4.69) is 50.7 Å². The molecule has 1 atom stereocenters. The maximum atomic E-state index is 12.8. The van der Waals surface area contributed by atoms with E-state index in [0.717, 1.165) is 31.5 Å². The van der Waals surface area contributed by atoms with E-state index < -0.39 is 5.54 Å². The fourth-order valence-electron chi connectivity index (χ4n) is 4.05. The number of hydrogen-bond donors (Lipinski definition) is 4. The summed E-state index contributed by atoms with van der Waals surface area (Å²) in [6, 6.07) is 23.2. The van der Waals surface area contributed by atoms with Crippen LogP contribution in [0, 0.1) is 8.98 Å². The van der Waals surface area contributed by atoms with Gasteiger partial charge in [0.15, 0.2) is 5.96 Å². The van der Waals surface area contributed by atoms with Crippen molar-refractivity contribution in [1.82, 2.24) is 15.5 Å². The van der Waals surface area contributed by atoms with E-state index in [1.807, 2.05) is 60.7 Å². The fourth-order valence-corrected chi connectivity index (χ4v) is 4.54. The SMILES string of the molecule is CN1C(=N)NC(C)(c2cccc(-c3cc(I)ccc3CCNC(=O)Nc3ccccc3)c2)C1=O. The maximum Gasteiger partial charge on any atom is 0.319 e. The van der Waals surface area contributed by atoms with E-state index in [9.17, 15) is 9.59 Å². The van der Waals surface area contributed by atoms with Crippen LogP contribution in [0.1, 0.15) is 18.1 Å². The van der Waals surface area contributed by atoms with Crippen molar-refractivity contribution in [2.45, 2.75) is 18.9 Å². The zero-order valence-electron chi connectivity index (χ0n) is 19.0. The van der Waals surface area contributed by atoms with Gasteiger partial charge >= 0.3 is 6.03 Å². The van der Waals surface area contributed by atoms with Crippen LogP contribution in [0.4, 0.5) is 10.5 Å². The standard InChI is InChI=1S/C26H26IN5O2/c1-26(23(33)32(2)24(28)31-26)19-8-6-7-18(15-19)22-16-20(27)12-11-17(22)13-14-29-25(34)30-21-9-4-3-5-10-21/h3-12,15-16H,13-14H2,1-2H3,(H2,28,31)(H2,29,30,34). The van der Waals surface area contributed by atoms with Gasteiger partial charge in [-0.15, -0.1) is 0 Å². The third-order valence-electron chi connectivity index (χ3n) is 5.97. The highest BCUT2D eigenvalue weighted by molar-refractivity contribution is 14.1. The first-order valence-electron chi connectivity index (χ1n) is 10.9. The summed E-state index contributed by atoms with van der Waals surface area (Å²) in [7, 11) is 1.60. The molecule has 3 aromatic carbocycles. The van der Waals surface area contributed by atoms with E-state index in [4.69, 9.17) is 5.41 Å². The number of nitrogens with one attached hydrogen (secondary N) is 4. The summed E-state index contributed by atoms with van der Waals surface area (Å²) in [5.74, 6) is -0.0705. The first kappa shape index (κ1) is 23.7. The minimum absolute atomic E-state index is 0.0905. The van der Waals surface area contributed by atoms with Crippen LogP contribution in [0.2, 0.25) is 0 Å². The van der Waals surface area contributed by atoms with Gasteiger partial charge in [0, 0.05) is 22.8 Å². The number of urea groups is 1. The fraction of sp³-hybridized carbons (Fsp3) is 0.192. The summed E-state index contributed by atoms with van der Waals surface area (Å²) in [6.45, 7) is 2.28. The number of amides is 3. The molecule has 34 heavy (non-hydrogen) atoms. The molecule has 3 aromatic rings. The van der Waals surface area contributed by atoms with Crippen molar-refractivity contribution in [3.63, 3.8) is 0 Å². The van der Waals surface area contributed by atoms with Crippen molar-refractivity contribution in [3.8, 4) is 11.1 Å². The lowest BCUT2D eigenvalue weighted by molar-refractivity contribution is -0.129. The number of hydrogen-bond acceptors (Lipinski definition) is 3. The maximum absolute atomic E-state index is 12.8. The van der Waals surface area contributed by atoms with Gasteiger partial charge < -0.3 is 16.0 Å². The Labute approximate surface area is 212 Å². The minimum Gasteiger partial charge on any atom is -0.338 e. The average Bonchev–Trinajstić information content (AvgIpc) is 3.04. The van der Waals surface area contributed by atoms with Crippen molar-refractivity contribution in [2.75, 3.05) is 18.9 Å². The number of nitrogens with zero attached hydrogens (tertiary/aromatic N) is 1. The summed E-state index contributed by atoms with van der Waals surface area (Å²) < 4.78 is 1.10. The van der Waals surface area contributed by atoms with Crippen molar-refractivity contribution in [2.24, 2.45) is 0 Å². The molecule has 3 amide bonds. The molecule has 1 fully saturated rings. The van der Waals surface area contributed by atoms with Crippen LogP contribution in [0.25, 0.3) is 11.1 Å². The normalized spacial score (nSPS) is 17.4. The minimum atomic E-state index is -0.985. The molecule has 1 heterocycles. The summed E-state index contributed by atoms with van der Waals surface area (Å²) >= 11 is 2.29. The van der Waals surface area contributed by atoms with E-state index in [-0.39, 0.29) is 17.9 Å². The second-order valence-electron chi connectivity index (χ2n) is 8.34. The van der Waals surface area contributed by atoms with Gasteiger partial charge in [0.2, 0.25) is 0 Å². The van der Waals surface area contributed by atoms with Crippen LogP contribution in [-0.4, -0.2) is 36.4 Å². The summed E-state index contributed by atoms with van der Waals surface area (Å²) in [6.07, 6.45) is 0.653. The predicted octanol–water partition coefficient (Wildman–Crippen LogP) is 4.53. The van der Waals surface area contributed by atoms with Gasteiger partial charge in [0.25, 0.3) is 5.91 Å². The number of carbonyl (C=O) groups excluding carboxylic acids is 2. The number of anilines is 1. The number of likely N-dealkylation sites (N-methyl/N-ethyl adjacent to an activating group) is 1. The highest BCUT2D eigenvalue weighted by Crippen LogP contribution is 2.33. The zero-order chi connectivity index (χ0) is 24.3. The quantitative estimate of drug-likeness (QED) is 0.330. The Hall–Kier alpha value is -3.40. The molecule has 4 rings (SSSR count). The lowest BCUT2D eigenvalue weighted by Gasteiger charge is -2.23. The molecule has 1 unspecified atom stereocenters. The highest BCUT2D eigenvalue weighted by Gasteiger charge is 2.45. The molecule has 0 radical (unpaired) electrons. The molecule has 0 bridgehead atoms. The van der Waals surface area contributed by atoms with Crippen LogP contribution < -0.4 is 16.0 Å². The molecule has 0 saturated carbocycles. The Morgan fingerprint density at radius 1 is 1.09 bits per heavy atom. The second kappa shape index (κ2) is 9.84. The van der Waals surface area contributed by atoms with Crippen LogP contribution in [0.3, 0.4) is 0 Å². The van der Waals surface area contributed by atoms with Gasteiger partial charge in [-0.3, -0.25) is 15.1 Å². The Balaban J connectivity index is 1.52. The van der Waals surface area contributed by atoms with E-state index >= 15 is 0 Å². The number of rotatable bonds is 6. The molecule has 7 nitrogen and oxygen atoms in total. The number of benzene rings is 3. The number of para-hydroxylation sites is 1. The van der Waals surface area contributed by atoms with Gasteiger partial charge in [0.1, 0.15) is 5.54 Å². The lowest BCUT2D eigenvalue weighted by Crippen LogP contribution is -2.40. The topological polar surface area (TPSA) is 97.3 Å². The summed E-state index contributed by atoms with van der Waals surface area (Å²) in [5.41, 5.74) is 3.69. The number of guanidine groups is 1. The van der Waals surface area contributed by atoms with E-state index in [0.29, 0.717) is 13.0 Å². The van der Waals surface area contributed by atoms with Crippen LogP contribution in [-0.2, 0) is 16.8 Å². The van der Waals surface area contributed by atoms with Gasteiger partial charge in [-0.2, -0.15) is 0 Å². The van der Waals surface area contributed by atoms with E-state index in [1.165, 1.54) is 4.90 Å². The summed E-state index contributed by atoms with van der Waals surface area (Å²) in [4.78, 5) is 26.4. The van der Waals surface area contributed by atoms with Gasteiger partial charge in [0.05, 0.1) is 0 Å². The Kier molecular flexibility index (Phi) is 6.87. The second-order valence-corrected chi connectivity index (χ2v) is 9.59. The molecule has 0 aliphatic carbocycles. The molecule has 0 aromatic heterocycles. The molecular formula is C26H26IN5O2. The third kappa shape index (κ3) is 4.91. The Morgan fingerprint density at radius 3 is 2.56 bits per heavy atom. The first-order chi connectivity index (χ1) is 16.3. The zero-order valence-corrected chi connectivity index (χ0v) is 21.1. The highest BCUT2D eigenvalue weighted by atomic mass is 127. The molecular weight excluding hydrogens is 541 g/mol. The molecule has 8 heteroatoms. The van der Waals surface area contributed by atoms with Crippen LogP contribution in [0.15, 0.2) is 72.8 Å². The van der Waals surface area contributed by atoms with Crippen LogP contribution in [0.5, 0.6) is 0 Å². The monoisotopic (exact) mass is 567 g/mol. The molecule has 1 aliphatic rings. The Morgan fingerprint density at radius 2 is 1.85 bits per heavy atom. The largest absolute Gasteiger partial charge is 0.338 e. The first-order valence-corrected chi connectivity index (χ1v) is 12.0. The van der Waals surface area contributed by atoms with Gasteiger partial charge in [-0.05, 0) is 88.5 Å². The number of halogens is 1. The average molecular weight is 567 g/mol. The number of carbonyl (C=O) groups is 2. The van der Waals surface area contributed by atoms with Crippen molar-refractivity contribution in [3.05, 3.63) is 87.5 Å². The lowest BCUT2D eigenvalue weighted by atomic mass is 9.88. The molecule has 174 valence electrons.